The molecule has 1 heterocycles. The number of amides is 3. The summed E-state index contributed by atoms with van der Waals surface area (Å²) in [4.78, 5) is 26.6. The molecule has 0 aromatic heterocycles. The number of likely N-dealkylation sites (tertiary alicyclic amines) is 1. The van der Waals surface area contributed by atoms with Gasteiger partial charge in [0.2, 0.25) is 15.9 Å². The number of benzene rings is 1. The van der Waals surface area contributed by atoms with Crippen LogP contribution in [-0.2, 0) is 40.5 Å². The zero-order valence-electron chi connectivity index (χ0n) is 18.2. The molecule has 5 rings (SSSR count). The number of nitrogens with one attached hydrogen (secondary N) is 2. The van der Waals surface area contributed by atoms with Gasteiger partial charge >= 0.3 is 6.03 Å². The Morgan fingerprint density at radius 1 is 0.903 bits per heavy atom. The molecule has 1 aromatic rings. The number of rotatable bonds is 4. The Balaban J connectivity index is 0.00000231. The van der Waals surface area contributed by atoms with E-state index in [1.165, 1.54) is 22.3 Å². The van der Waals surface area contributed by atoms with Gasteiger partial charge < -0.3 is 10.2 Å². The van der Waals surface area contributed by atoms with Crippen molar-refractivity contribution in [1.82, 2.24) is 9.62 Å². The van der Waals surface area contributed by atoms with Gasteiger partial charge in [-0.25, -0.2) is 17.9 Å². The van der Waals surface area contributed by atoms with Gasteiger partial charge in [0.05, 0.1) is 5.25 Å². The van der Waals surface area contributed by atoms with E-state index in [4.69, 9.17) is 0 Å². The molecule has 7 nitrogen and oxygen atoms in total. The van der Waals surface area contributed by atoms with E-state index in [-0.39, 0.29) is 63.2 Å². The monoisotopic (exact) mass is 470 g/mol. The maximum Gasteiger partial charge on any atom is 0.332 e. The number of hydrogen-bond donors (Lipinski definition) is 2. The molecule has 1 saturated heterocycles. The van der Waals surface area contributed by atoms with Crippen LogP contribution in [0, 0.1) is 5.92 Å². The van der Waals surface area contributed by atoms with Crippen LogP contribution in [-0.4, -0.2) is 95.0 Å². The number of carbonyl (C=O) groups is 2. The summed E-state index contributed by atoms with van der Waals surface area (Å²) < 4.78 is 27.9. The molecule has 0 unspecified atom stereocenters. The van der Waals surface area contributed by atoms with Crippen molar-refractivity contribution in [3.05, 3.63) is 28.3 Å². The maximum absolute atomic E-state index is 12.8. The first-order valence-corrected chi connectivity index (χ1v) is 12.7. The number of urea groups is 1. The Labute approximate surface area is 226 Å². The van der Waals surface area contributed by atoms with E-state index in [0.717, 1.165) is 57.1 Å². The SMILES string of the molecule is O=C(Nc1c2c(cc3c1CCC3)CCC2)NS(=O)(=O)C1CCN(C(=O)C2CC2)CC1.[K]. The Bertz CT molecular complexity index is 966. The standard InChI is InChI=1S/C22H29N3O4S.K/c26-21(14-7-8-14)25-11-9-17(10-12-25)30(28,29)24-22(27)23-20-18-5-1-3-15(18)13-16-4-2-6-19(16)20;/h13-14,17H,1-12H2,(H2,23,24,27);. The molecular formula is C22H29KN3O4S. The molecule has 0 spiro atoms. The predicted molar refractivity (Wildman–Crippen MR) is 120 cm³/mol. The van der Waals surface area contributed by atoms with Gasteiger partial charge in [-0.15, -0.1) is 0 Å². The van der Waals surface area contributed by atoms with Crippen molar-refractivity contribution in [2.45, 2.75) is 69.5 Å². The zero-order valence-corrected chi connectivity index (χ0v) is 22.1. The van der Waals surface area contributed by atoms with Crippen LogP contribution in [0.25, 0.3) is 0 Å². The molecule has 9 heteroatoms. The molecule has 0 bridgehead atoms. The van der Waals surface area contributed by atoms with E-state index in [1.807, 2.05) is 0 Å². The van der Waals surface area contributed by atoms with E-state index in [1.54, 1.807) is 4.90 Å². The first-order valence-electron chi connectivity index (χ1n) is 11.2. The summed E-state index contributed by atoms with van der Waals surface area (Å²) in [6, 6.07) is 1.61. The summed E-state index contributed by atoms with van der Waals surface area (Å²) in [6.07, 6.45) is 8.70. The number of piperidine rings is 1. The third-order valence-corrected chi connectivity index (χ3v) is 8.88. The molecule has 1 radical (unpaired) electrons. The van der Waals surface area contributed by atoms with Crippen LogP contribution in [0.2, 0.25) is 0 Å². The van der Waals surface area contributed by atoms with E-state index in [0.29, 0.717) is 25.9 Å². The zero-order chi connectivity index (χ0) is 20.9. The van der Waals surface area contributed by atoms with Crippen molar-refractivity contribution in [2.24, 2.45) is 5.92 Å². The third kappa shape index (κ3) is 4.91. The van der Waals surface area contributed by atoms with E-state index < -0.39 is 21.3 Å². The summed E-state index contributed by atoms with van der Waals surface area (Å²) in [7, 11) is -3.78. The Kier molecular flexibility index (Phi) is 7.20. The summed E-state index contributed by atoms with van der Waals surface area (Å²) >= 11 is 0. The van der Waals surface area contributed by atoms with Crippen molar-refractivity contribution >= 4 is 79.0 Å². The largest absolute Gasteiger partial charge is 0.342 e. The van der Waals surface area contributed by atoms with Crippen LogP contribution < -0.4 is 10.0 Å². The number of nitrogens with zero attached hydrogens (tertiary/aromatic N) is 1. The van der Waals surface area contributed by atoms with Crippen LogP contribution in [0.4, 0.5) is 10.5 Å². The van der Waals surface area contributed by atoms with Crippen LogP contribution in [0.3, 0.4) is 0 Å². The second-order valence-corrected chi connectivity index (χ2v) is 11.1. The van der Waals surface area contributed by atoms with Crippen LogP contribution >= 0.6 is 0 Å². The fourth-order valence-corrected chi connectivity index (χ4v) is 6.60. The van der Waals surface area contributed by atoms with Gasteiger partial charge in [-0.2, -0.15) is 0 Å². The van der Waals surface area contributed by atoms with Crippen LogP contribution in [0.5, 0.6) is 0 Å². The average Bonchev–Trinajstić information content (AvgIpc) is 3.27. The van der Waals surface area contributed by atoms with Gasteiger partial charge in [-0.3, -0.25) is 4.79 Å². The first kappa shape index (κ1) is 23.7. The molecular weight excluding hydrogens is 441 g/mol. The predicted octanol–water partition coefficient (Wildman–Crippen LogP) is 2.14. The second kappa shape index (κ2) is 9.42. The minimum Gasteiger partial charge on any atom is -0.342 e. The van der Waals surface area contributed by atoms with Crippen molar-refractivity contribution in [3.8, 4) is 0 Å². The maximum atomic E-state index is 12.8. The van der Waals surface area contributed by atoms with E-state index >= 15 is 0 Å². The van der Waals surface area contributed by atoms with Crippen molar-refractivity contribution in [3.63, 3.8) is 0 Å². The van der Waals surface area contributed by atoms with E-state index in [9.17, 15) is 18.0 Å². The first-order chi connectivity index (χ1) is 14.4. The number of fused-ring (bicyclic) bond motifs is 2. The summed E-state index contributed by atoms with van der Waals surface area (Å²) in [5.74, 6) is 0.305. The Morgan fingerprint density at radius 3 is 2.03 bits per heavy atom. The summed E-state index contributed by atoms with van der Waals surface area (Å²) in [5, 5.41) is 2.25. The molecule has 2 fully saturated rings. The van der Waals surface area contributed by atoms with Gasteiger partial charge in [-0.05, 0) is 86.5 Å². The van der Waals surface area contributed by atoms with Crippen molar-refractivity contribution < 1.29 is 18.0 Å². The van der Waals surface area contributed by atoms with Crippen LogP contribution in [0.15, 0.2) is 6.07 Å². The molecule has 3 amide bonds. The van der Waals surface area contributed by atoms with Gasteiger partial charge in [0, 0.05) is 76.1 Å². The Hall–Kier alpha value is -0.454. The van der Waals surface area contributed by atoms with Crippen molar-refractivity contribution in [2.75, 3.05) is 18.4 Å². The molecule has 31 heavy (non-hydrogen) atoms. The topological polar surface area (TPSA) is 95.6 Å². The molecule has 163 valence electrons. The van der Waals surface area contributed by atoms with Gasteiger partial charge in [-0.1, -0.05) is 6.07 Å². The average molecular weight is 471 g/mol. The quantitative estimate of drug-likeness (QED) is 0.659. The van der Waals surface area contributed by atoms with Gasteiger partial charge in [0.15, 0.2) is 0 Å². The number of aryl methyl sites for hydroxylation is 2. The summed E-state index contributed by atoms with van der Waals surface area (Å²) in [6.45, 7) is 0.893. The number of sulfonamides is 1. The summed E-state index contributed by atoms with van der Waals surface area (Å²) in [5.41, 5.74) is 5.78. The van der Waals surface area contributed by atoms with E-state index in [2.05, 4.69) is 16.1 Å². The molecule has 1 saturated carbocycles. The van der Waals surface area contributed by atoms with Crippen molar-refractivity contribution in [1.29, 1.82) is 0 Å². The Morgan fingerprint density at radius 2 is 1.48 bits per heavy atom. The minimum absolute atomic E-state index is 0. The normalized spacial score (nSPS) is 20.6. The molecule has 2 N–H and O–H groups in total. The number of hydrogen-bond acceptors (Lipinski definition) is 4. The molecule has 4 aliphatic rings. The van der Waals surface area contributed by atoms with Crippen LogP contribution in [0.1, 0.15) is 60.8 Å². The molecule has 1 aliphatic heterocycles. The third-order valence-electron chi connectivity index (χ3n) is 7.07. The van der Waals surface area contributed by atoms with Gasteiger partial charge in [0.1, 0.15) is 0 Å². The minimum atomic E-state index is -3.78. The molecule has 3 aliphatic carbocycles. The molecule has 1 aromatic carbocycles. The number of carbonyl (C=O) groups excluding carboxylic acids is 2. The number of anilines is 1. The van der Waals surface area contributed by atoms with Gasteiger partial charge in [0.25, 0.3) is 0 Å². The fraction of sp³-hybridized carbons (Fsp3) is 0.636. The molecule has 0 atom stereocenters. The smallest absolute Gasteiger partial charge is 0.332 e. The fourth-order valence-electron chi connectivity index (χ4n) is 5.29. The second-order valence-electron chi connectivity index (χ2n) is 9.13.